The van der Waals surface area contributed by atoms with Gasteiger partial charge in [0.15, 0.2) is 0 Å². The van der Waals surface area contributed by atoms with E-state index in [-0.39, 0.29) is 24.3 Å². The van der Waals surface area contributed by atoms with Gasteiger partial charge in [-0.3, -0.25) is 14.6 Å². The normalized spacial score (nSPS) is 18.5. The molecule has 9 heteroatoms. The van der Waals surface area contributed by atoms with Gasteiger partial charge in [0.05, 0.1) is 30.5 Å². The molecule has 6 rings (SSSR count). The van der Waals surface area contributed by atoms with Gasteiger partial charge in [-0.05, 0) is 31.0 Å². The van der Waals surface area contributed by atoms with Crippen LogP contribution in [-0.2, 0) is 28.6 Å². The standard InChI is InChI=1S/C29H28ClN5O3/c1-34-12-11-32-26(34)18-35(21-7-8-21)27(36)15-29(10-13-38-25-9-6-20(30)14-23(25)29)28(37)33-24-17-31-16-19-4-2-3-5-22(19)24/h2-6,9,11-12,14,16-17,21H,7-8,10,13,15,18H2,1H3,(H,33,37). The quantitative estimate of drug-likeness (QED) is 0.369. The van der Waals surface area contributed by atoms with Crippen molar-refractivity contribution in [2.24, 2.45) is 7.05 Å². The number of imidazole rings is 1. The number of aromatic nitrogens is 3. The summed E-state index contributed by atoms with van der Waals surface area (Å²) in [6.45, 7) is 0.711. The van der Waals surface area contributed by atoms with E-state index in [2.05, 4.69) is 15.3 Å². The maximum absolute atomic E-state index is 14.3. The summed E-state index contributed by atoms with van der Waals surface area (Å²) < 4.78 is 7.84. The Morgan fingerprint density at radius 3 is 2.84 bits per heavy atom. The number of nitrogens with one attached hydrogen (secondary N) is 1. The maximum atomic E-state index is 14.3. The third-order valence-electron chi connectivity index (χ3n) is 7.59. The zero-order valence-corrected chi connectivity index (χ0v) is 21.8. The lowest BCUT2D eigenvalue weighted by Gasteiger charge is -2.38. The molecule has 4 aromatic rings. The van der Waals surface area contributed by atoms with Crippen molar-refractivity contribution in [3.63, 3.8) is 0 Å². The molecule has 1 aliphatic carbocycles. The molecule has 3 heterocycles. The fourth-order valence-corrected chi connectivity index (χ4v) is 5.47. The molecule has 0 saturated heterocycles. The number of carbonyl (C=O) groups is 2. The molecule has 0 radical (unpaired) electrons. The van der Waals surface area contributed by atoms with E-state index in [9.17, 15) is 9.59 Å². The number of carbonyl (C=O) groups excluding carboxylic acids is 2. The van der Waals surface area contributed by atoms with Crippen LogP contribution < -0.4 is 10.1 Å². The van der Waals surface area contributed by atoms with E-state index < -0.39 is 5.41 Å². The molecule has 8 nitrogen and oxygen atoms in total. The van der Waals surface area contributed by atoms with Gasteiger partial charge in [0, 0.05) is 65.9 Å². The van der Waals surface area contributed by atoms with Gasteiger partial charge in [0.2, 0.25) is 11.8 Å². The number of pyridine rings is 1. The second kappa shape index (κ2) is 9.76. The van der Waals surface area contributed by atoms with Crippen LogP contribution in [0.4, 0.5) is 5.69 Å². The molecule has 2 aliphatic rings. The second-order valence-electron chi connectivity index (χ2n) is 10.1. The van der Waals surface area contributed by atoms with Crippen LogP contribution in [0.25, 0.3) is 10.8 Å². The van der Waals surface area contributed by atoms with Crippen molar-refractivity contribution in [3.05, 3.63) is 83.7 Å². The van der Waals surface area contributed by atoms with Crippen LogP contribution in [-0.4, -0.2) is 43.9 Å². The Kier molecular flexibility index (Phi) is 6.27. The monoisotopic (exact) mass is 529 g/mol. The Labute approximate surface area is 225 Å². The van der Waals surface area contributed by atoms with Gasteiger partial charge in [0.1, 0.15) is 11.6 Å². The van der Waals surface area contributed by atoms with Gasteiger partial charge in [-0.2, -0.15) is 0 Å². The van der Waals surface area contributed by atoms with E-state index in [1.165, 1.54) is 0 Å². The summed E-state index contributed by atoms with van der Waals surface area (Å²) >= 11 is 6.42. The number of halogens is 1. The average molecular weight is 530 g/mol. The van der Waals surface area contributed by atoms with Crippen LogP contribution in [0.15, 0.2) is 67.3 Å². The lowest BCUT2D eigenvalue weighted by molar-refractivity contribution is -0.138. The van der Waals surface area contributed by atoms with Crippen molar-refractivity contribution < 1.29 is 14.3 Å². The summed E-state index contributed by atoms with van der Waals surface area (Å²) in [5, 5.41) is 5.39. The van der Waals surface area contributed by atoms with Crippen molar-refractivity contribution in [1.29, 1.82) is 0 Å². The van der Waals surface area contributed by atoms with Crippen molar-refractivity contribution in [1.82, 2.24) is 19.4 Å². The largest absolute Gasteiger partial charge is 0.493 e. The molecular weight excluding hydrogens is 502 g/mol. The summed E-state index contributed by atoms with van der Waals surface area (Å²) in [6.07, 6.45) is 9.24. The van der Waals surface area contributed by atoms with Crippen LogP contribution in [0.5, 0.6) is 5.75 Å². The zero-order chi connectivity index (χ0) is 26.3. The summed E-state index contributed by atoms with van der Waals surface area (Å²) in [5.74, 6) is 1.01. The highest BCUT2D eigenvalue weighted by atomic mass is 35.5. The topological polar surface area (TPSA) is 89.4 Å². The Balaban J connectivity index is 1.38. The van der Waals surface area contributed by atoms with Crippen LogP contribution in [0, 0.1) is 0 Å². The third-order valence-corrected chi connectivity index (χ3v) is 7.82. The van der Waals surface area contributed by atoms with Crippen LogP contribution >= 0.6 is 11.6 Å². The van der Waals surface area contributed by atoms with Crippen LogP contribution in [0.1, 0.15) is 37.1 Å². The summed E-state index contributed by atoms with van der Waals surface area (Å²) in [6, 6.07) is 13.2. The number of amides is 2. The first-order valence-corrected chi connectivity index (χ1v) is 13.2. The molecule has 2 amide bonds. The highest BCUT2D eigenvalue weighted by Crippen LogP contribution is 2.45. The Morgan fingerprint density at radius 2 is 2.05 bits per heavy atom. The van der Waals surface area contributed by atoms with Crippen molar-refractivity contribution in [2.45, 2.75) is 43.7 Å². The summed E-state index contributed by atoms with van der Waals surface area (Å²) in [4.78, 5) is 38.9. The molecule has 38 heavy (non-hydrogen) atoms. The average Bonchev–Trinajstić information content (AvgIpc) is 3.68. The van der Waals surface area contributed by atoms with Crippen LogP contribution in [0.3, 0.4) is 0 Å². The molecule has 1 atom stereocenters. The number of hydrogen-bond donors (Lipinski definition) is 1. The minimum absolute atomic E-state index is 0.00530. The van der Waals surface area contributed by atoms with E-state index in [1.54, 1.807) is 36.8 Å². The molecule has 0 spiro atoms. The van der Waals surface area contributed by atoms with Gasteiger partial charge < -0.3 is 19.5 Å². The molecule has 1 unspecified atom stereocenters. The SMILES string of the molecule is Cn1ccnc1CN(C(=O)CC1(C(=O)Nc2cncc3ccccc23)CCOc2ccc(Cl)cc21)C1CC1. The Bertz CT molecular complexity index is 1530. The summed E-state index contributed by atoms with van der Waals surface area (Å²) in [5.41, 5.74) is 0.0615. The minimum Gasteiger partial charge on any atom is -0.493 e. The third kappa shape index (κ3) is 4.49. The van der Waals surface area contributed by atoms with Gasteiger partial charge >= 0.3 is 0 Å². The van der Waals surface area contributed by atoms with E-state index >= 15 is 0 Å². The van der Waals surface area contributed by atoms with E-state index in [4.69, 9.17) is 16.3 Å². The number of rotatable bonds is 7. The highest BCUT2D eigenvalue weighted by Gasteiger charge is 2.48. The smallest absolute Gasteiger partial charge is 0.235 e. The Morgan fingerprint density at radius 1 is 1.21 bits per heavy atom. The van der Waals surface area contributed by atoms with Crippen LogP contribution in [0.2, 0.25) is 5.02 Å². The number of ether oxygens (including phenoxy) is 1. The Hall–Kier alpha value is -3.91. The maximum Gasteiger partial charge on any atom is 0.235 e. The first kappa shape index (κ1) is 24.4. The first-order chi connectivity index (χ1) is 18.4. The first-order valence-electron chi connectivity index (χ1n) is 12.8. The molecule has 0 bridgehead atoms. The molecule has 1 N–H and O–H groups in total. The number of benzene rings is 2. The number of anilines is 1. The molecule has 1 saturated carbocycles. The predicted octanol–water partition coefficient (Wildman–Crippen LogP) is 4.86. The van der Waals surface area contributed by atoms with Crippen molar-refractivity contribution in [3.8, 4) is 5.75 Å². The molecular formula is C29H28ClN5O3. The van der Waals surface area contributed by atoms with Gasteiger partial charge in [-0.1, -0.05) is 35.9 Å². The number of fused-ring (bicyclic) bond motifs is 2. The fraction of sp³-hybridized carbons (Fsp3) is 0.310. The highest BCUT2D eigenvalue weighted by molar-refractivity contribution is 6.30. The van der Waals surface area contributed by atoms with Crippen molar-refractivity contribution >= 4 is 39.9 Å². The van der Waals surface area contributed by atoms with Gasteiger partial charge in [0.25, 0.3) is 0 Å². The minimum atomic E-state index is -1.17. The lowest BCUT2D eigenvalue weighted by atomic mass is 9.72. The second-order valence-corrected chi connectivity index (χ2v) is 10.5. The molecule has 194 valence electrons. The molecule has 2 aromatic heterocycles. The van der Waals surface area contributed by atoms with Gasteiger partial charge in [-0.25, -0.2) is 4.98 Å². The van der Waals surface area contributed by atoms with E-state index in [0.29, 0.717) is 41.6 Å². The molecule has 1 aliphatic heterocycles. The van der Waals surface area contributed by atoms with Gasteiger partial charge in [-0.15, -0.1) is 0 Å². The molecule has 1 fully saturated rings. The number of nitrogens with zero attached hydrogens (tertiary/aromatic N) is 4. The molecule has 2 aromatic carbocycles. The predicted molar refractivity (Wildman–Crippen MR) is 145 cm³/mol. The number of hydrogen-bond acceptors (Lipinski definition) is 5. The lowest BCUT2D eigenvalue weighted by Crippen LogP contribution is -2.48. The number of aryl methyl sites for hydroxylation is 1. The summed E-state index contributed by atoms with van der Waals surface area (Å²) in [7, 11) is 1.92. The van der Waals surface area contributed by atoms with E-state index in [0.717, 1.165) is 29.4 Å². The van der Waals surface area contributed by atoms with E-state index in [1.807, 2.05) is 47.0 Å². The zero-order valence-electron chi connectivity index (χ0n) is 21.1. The fourth-order valence-electron chi connectivity index (χ4n) is 5.30. The van der Waals surface area contributed by atoms with Crippen molar-refractivity contribution in [2.75, 3.05) is 11.9 Å².